The number of carbonyl (C=O) groups is 2. The van der Waals surface area contributed by atoms with Gasteiger partial charge in [0.05, 0.1) is 12.7 Å². The third kappa shape index (κ3) is 2.97. The minimum absolute atomic E-state index is 0.216. The predicted octanol–water partition coefficient (Wildman–Crippen LogP) is 2.76. The standard InChI is InChI=1S/C17H18FNO4/c1-4-17(2,16(22)23-3)19-15(21)12-9-13(18)10-7-5-6-8-11(10)14(12)20/h5-9,20H,4H2,1-3H3,(H,19,21)/t17-/m1/s1. The normalized spacial score (nSPS) is 13.4. The number of amides is 1. The van der Waals surface area contributed by atoms with Crippen molar-refractivity contribution in [2.75, 3.05) is 7.11 Å². The van der Waals surface area contributed by atoms with Crippen molar-refractivity contribution in [3.8, 4) is 5.75 Å². The molecule has 0 aliphatic heterocycles. The second-order valence-corrected chi connectivity index (χ2v) is 5.43. The lowest BCUT2D eigenvalue weighted by Crippen LogP contribution is -2.52. The molecule has 1 atom stereocenters. The molecule has 6 heteroatoms. The predicted molar refractivity (Wildman–Crippen MR) is 83.7 cm³/mol. The van der Waals surface area contributed by atoms with Gasteiger partial charge in [0.2, 0.25) is 0 Å². The second-order valence-electron chi connectivity index (χ2n) is 5.43. The van der Waals surface area contributed by atoms with E-state index in [1.54, 1.807) is 19.1 Å². The fourth-order valence-corrected chi connectivity index (χ4v) is 2.32. The molecule has 0 bridgehead atoms. The molecule has 2 N–H and O–H groups in total. The van der Waals surface area contributed by atoms with Crippen molar-refractivity contribution >= 4 is 22.6 Å². The van der Waals surface area contributed by atoms with E-state index < -0.39 is 23.2 Å². The van der Waals surface area contributed by atoms with Crippen LogP contribution < -0.4 is 5.32 Å². The third-order valence-electron chi connectivity index (χ3n) is 3.94. The Labute approximate surface area is 133 Å². The first kappa shape index (κ1) is 16.7. The number of halogens is 1. The van der Waals surface area contributed by atoms with Crippen LogP contribution in [-0.2, 0) is 9.53 Å². The Morgan fingerprint density at radius 3 is 2.48 bits per heavy atom. The lowest BCUT2D eigenvalue weighted by atomic mass is 9.97. The average Bonchev–Trinajstić information content (AvgIpc) is 2.57. The summed E-state index contributed by atoms with van der Waals surface area (Å²) < 4.78 is 18.8. The number of esters is 1. The molecule has 23 heavy (non-hydrogen) atoms. The highest BCUT2D eigenvalue weighted by atomic mass is 19.1. The highest BCUT2D eigenvalue weighted by Gasteiger charge is 2.35. The maximum atomic E-state index is 14.1. The number of hydrogen-bond acceptors (Lipinski definition) is 4. The molecular weight excluding hydrogens is 301 g/mol. The summed E-state index contributed by atoms with van der Waals surface area (Å²) in [5, 5.41) is 13.2. The minimum atomic E-state index is -1.26. The molecule has 1 amide bonds. The Bertz CT molecular complexity index is 775. The smallest absolute Gasteiger partial charge is 0.331 e. The van der Waals surface area contributed by atoms with Crippen molar-refractivity contribution in [3.63, 3.8) is 0 Å². The molecule has 2 aromatic carbocycles. The van der Waals surface area contributed by atoms with Crippen molar-refractivity contribution < 1.29 is 23.8 Å². The van der Waals surface area contributed by atoms with Crippen molar-refractivity contribution in [3.05, 3.63) is 41.7 Å². The first-order valence-corrected chi connectivity index (χ1v) is 7.15. The van der Waals surface area contributed by atoms with E-state index in [0.29, 0.717) is 0 Å². The first-order chi connectivity index (χ1) is 10.8. The SMILES string of the molecule is CC[C@@](C)(NC(=O)c1cc(F)c2ccccc2c1O)C(=O)OC. The van der Waals surface area contributed by atoms with E-state index in [-0.39, 0.29) is 28.5 Å². The third-order valence-corrected chi connectivity index (χ3v) is 3.94. The highest BCUT2D eigenvalue weighted by molar-refractivity contribution is 6.05. The van der Waals surface area contributed by atoms with Crippen molar-refractivity contribution in [1.82, 2.24) is 5.32 Å². The summed E-state index contributed by atoms with van der Waals surface area (Å²) in [6.07, 6.45) is 0.280. The van der Waals surface area contributed by atoms with E-state index >= 15 is 0 Å². The fourth-order valence-electron chi connectivity index (χ4n) is 2.32. The van der Waals surface area contributed by atoms with Crippen LogP contribution in [0.5, 0.6) is 5.75 Å². The summed E-state index contributed by atoms with van der Waals surface area (Å²) in [6.45, 7) is 3.21. The molecule has 2 aromatic rings. The van der Waals surface area contributed by atoms with Gasteiger partial charge >= 0.3 is 5.97 Å². The molecule has 0 heterocycles. The van der Waals surface area contributed by atoms with Gasteiger partial charge in [0.25, 0.3) is 5.91 Å². The molecule has 0 aromatic heterocycles. The van der Waals surface area contributed by atoms with Crippen LogP contribution >= 0.6 is 0 Å². The number of rotatable bonds is 4. The van der Waals surface area contributed by atoms with E-state index in [1.165, 1.54) is 26.2 Å². The van der Waals surface area contributed by atoms with E-state index in [4.69, 9.17) is 0 Å². The second kappa shape index (κ2) is 6.24. The summed E-state index contributed by atoms with van der Waals surface area (Å²) in [6, 6.07) is 7.25. The minimum Gasteiger partial charge on any atom is -0.506 e. The number of aromatic hydroxyl groups is 1. The zero-order valence-electron chi connectivity index (χ0n) is 13.1. The number of phenolic OH excluding ortho intramolecular Hbond substituents is 1. The Morgan fingerprint density at radius 2 is 1.91 bits per heavy atom. The van der Waals surface area contributed by atoms with Gasteiger partial charge in [0.15, 0.2) is 0 Å². The lowest BCUT2D eigenvalue weighted by Gasteiger charge is -2.26. The van der Waals surface area contributed by atoms with Crippen LogP contribution in [0, 0.1) is 5.82 Å². The molecule has 0 aliphatic rings. The molecule has 0 radical (unpaired) electrons. The Morgan fingerprint density at radius 1 is 1.30 bits per heavy atom. The van der Waals surface area contributed by atoms with Gasteiger partial charge in [0, 0.05) is 10.8 Å². The van der Waals surface area contributed by atoms with Crippen LogP contribution in [0.3, 0.4) is 0 Å². The summed E-state index contributed by atoms with van der Waals surface area (Å²) in [5.41, 5.74) is -1.50. The molecule has 0 fully saturated rings. The summed E-state index contributed by atoms with van der Waals surface area (Å²) in [4.78, 5) is 24.2. The molecular formula is C17H18FNO4. The van der Waals surface area contributed by atoms with Crippen LogP contribution in [0.15, 0.2) is 30.3 Å². The molecule has 0 unspecified atom stereocenters. The molecule has 0 aliphatic carbocycles. The van der Waals surface area contributed by atoms with Crippen LogP contribution in [-0.4, -0.2) is 29.6 Å². The van der Waals surface area contributed by atoms with Gasteiger partial charge in [-0.3, -0.25) is 4.79 Å². The summed E-state index contributed by atoms with van der Waals surface area (Å²) in [7, 11) is 1.22. The largest absolute Gasteiger partial charge is 0.506 e. The van der Waals surface area contributed by atoms with Gasteiger partial charge in [-0.05, 0) is 19.4 Å². The van der Waals surface area contributed by atoms with Gasteiger partial charge in [-0.1, -0.05) is 31.2 Å². The van der Waals surface area contributed by atoms with E-state index in [2.05, 4.69) is 10.1 Å². The number of hydrogen-bond donors (Lipinski definition) is 2. The van der Waals surface area contributed by atoms with Gasteiger partial charge in [0.1, 0.15) is 17.1 Å². The summed E-state index contributed by atoms with van der Waals surface area (Å²) >= 11 is 0. The molecule has 0 spiro atoms. The van der Waals surface area contributed by atoms with Crippen LogP contribution in [0.25, 0.3) is 10.8 Å². The monoisotopic (exact) mass is 319 g/mol. The number of nitrogens with one attached hydrogen (secondary N) is 1. The van der Waals surface area contributed by atoms with Crippen molar-refractivity contribution in [1.29, 1.82) is 0 Å². The maximum absolute atomic E-state index is 14.1. The maximum Gasteiger partial charge on any atom is 0.331 e. The van der Waals surface area contributed by atoms with Crippen molar-refractivity contribution in [2.24, 2.45) is 0 Å². The number of benzene rings is 2. The van der Waals surface area contributed by atoms with Gasteiger partial charge in [-0.25, -0.2) is 9.18 Å². The van der Waals surface area contributed by atoms with Crippen molar-refractivity contribution in [2.45, 2.75) is 25.8 Å². The highest BCUT2D eigenvalue weighted by Crippen LogP contribution is 2.31. The molecule has 5 nitrogen and oxygen atoms in total. The van der Waals surface area contributed by atoms with Gasteiger partial charge in [-0.15, -0.1) is 0 Å². The molecule has 0 saturated carbocycles. The Hall–Kier alpha value is -2.63. The zero-order valence-corrected chi connectivity index (χ0v) is 13.1. The number of methoxy groups -OCH3 is 1. The number of fused-ring (bicyclic) bond motifs is 1. The lowest BCUT2D eigenvalue weighted by molar-refractivity contribution is -0.147. The van der Waals surface area contributed by atoms with Gasteiger partial charge < -0.3 is 15.2 Å². The quantitative estimate of drug-likeness (QED) is 0.850. The van der Waals surface area contributed by atoms with Gasteiger partial charge in [-0.2, -0.15) is 0 Å². The summed E-state index contributed by atoms with van der Waals surface area (Å²) in [5.74, 6) is -2.32. The number of carbonyl (C=O) groups excluding carboxylic acids is 2. The van der Waals surface area contributed by atoms with E-state index in [0.717, 1.165) is 6.07 Å². The Balaban J connectivity index is 2.46. The first-order valence-electron chi connectivity index (χ1n) is 7.15. The fraction of sp³-hybridized carbons (Fsp3) is 0.294. The van der Waals surface area contributed by atoms with Crippen LogP contribution in [0.1, 0.15) is 30.6 Å². The van der Waals surface area contributed by atoms with Crippen LogP contribution in [0.2, 0.25) is 0 Å². The average molecular weight is 319 g/mol. The topological polar surface area (TPSA) is 75.6 Å². The Kier molecular flexibility index (Phi) is 4.54. The number of phenols is 1. The molecule has 0 saturated heterocycles. The van der Waals surface area contributed by atoms with Crippen LogP contribution in [0.4, 0.5) is 4.39 Å². The zero-order chi connectivity index (χ0) is 17.2. The molecule has 2 rings (SSSR count). The molecule has 122 valence electrons. The van der Waals surface area contributed by atoms with E-state index in [9.17, 15) is 19.1 Å². The van der Waals surface area contributed by atoms with E-state index in [1.807, 2.05) is 0 Å². The number of ether oxygens (including phenoxy) is 1.